The minimum atomic E-state index is -0.745. The Bertz CT molecular complexity index is 1340. The van der Waals surface area contributed by atoms with Crippen molar-refractivity contribution in [3.63, 3.8) is 0 Å². The number of Topliss-reactive ketones (excluding diaryl/α,β-unsaturated/α-hetero) is 1. The smallest absolute Gasteiger partial charge is 0.298 e. The molecule has 0 saturated carbocycles. The van der Waals surface area contributed by atoms with Crippen LogP contribution in [-0.4, -0.2) is 28.4 Å². The van der Waals surface area contributed by atoms with Crippen molar-refractivity contribution in [2.24, 2.45) is 0 Å². The Kier molecular flexibility index (Phi) is 6.24. The summed E-state index contributed by atoms with van der Waals surface area (Å²) in [5.74, 6) is -0.819. The molecule has 2 heterocycles. The lowest BCUT2D eigenvalue weighted by Gasteiger charge is -2.08. The number of carbonyl (C=O) groups is 2. The van der Waals surface area contributed by atoms with E-state index in [1.807, 2.05) is 30.5 Å². The highest BCUT2D eigenvalue weighted by atomic mass is 35.5. The number of hydrogen-bond donors (Lipinski definition) is 1. The average molecular weight is 488 g/mol. The molecule has 6 nitrogen and oxygen atoms in total. The zero-order chi connectivity index (χ0) is 23.0. The van der Waals surface area contributed by atoms with E-state index in [1.165, 1.54) is 11.3 Å². The van der Waals surface area contributed by atoms with Crippen LogP contribution >= 0.6 is 34.5 Å². The van der Waals surface area contributed by atoms with Crippen LogP contribution in [0.25, 0.3) is 10.9 Å². The van der Waals surface area contributed by atoms with Crippen LogP contribution in [0.4, 0.5) is 5.13 Å². The number of carbonyl (C=O) groups excluding carboxylic acids is 2. The highest BCUT2D eigenvalue weighted by Gasteiger charge is 2.23. The first-order valence-corrected chi connectivity index (χ1v) is 11.2. The molecule has 0 saturated heterocycles. The molecule has 2 aromatic carbocycles. The summed E-state index contributed by atoms with van der Waals surface area (Å²) >= 11 is 13.7. The molecule has 0 aliphatic rings. The molecule has 164 valence electrons. The summed E-state index contributed by atoms with van der Waals surface area (Å²) in [6.07, 6.45) is 1.66. The van der Waals surface area contributed by atoms with Gasteiger partial charge in [-0.3, -0.25) is 14.9 Å². The Morgan fingerprint density at radius 3 is 2.59 bits per heavy atom. The van der Waals surface area contributed by atoms with Crippen molar-refractivity contribution in [3.8, 4) is 5.75 Å². The molecule has 0 unspecified atom stereocenters. The van der Waals surface area contributed by atoms with Gasteiger partial charge in [0.2, 0.25) is 0 Å². The SMILES string of the molecule is COc1ccc2c(c1)c(C(=O)C(=O)Nc1nc(C)c(C)s1)cn2Cc1ccc(Cl)cc1Cl. The van der Waals surface area contributed by atoms with Gasteiger partial charge in [0.05, 0.1) is 18.4 Å². The van der Waals surface area contributed by atoms with Crippen molar-refractivity contribution < 1.29 is 14.3 Å². The van der Waals surface area contributed by atoms with E-state index in [1.54, 1.807) is 37.6 Å². The van der Waals surface area contributed by atoms with E-state index in [9.17, 15) is 9.59 Å². The van der Waals surface area contributed by atoms with Gasteiger partial charge in [0.1, 0.15) is 5.75 Å². The fourth-order valence-electron chi connectivity index (χ4n) is 3.35. The van der Waals surface area contributed by atoms with Gasteiger partial charge in [-0.1, -0.05) is 29.3 Å². The van der Waals surface area contributed by atoms with E-state index in [-0.39, 0.29) is 5.56 Å². The lowest BCUT2D eigenvalue weighted by atomic mass is 10.1. The van der Waals surface area contributed by atoms with Crippen LogP contribution in [0.1, 0.15) is 26.5 Å². The number of nitrogens with one attached hydrogen (secondary N) is 1. The van der Waals surface area contributed by atoms with Crippen molar-refractivity contribution in [2.75, 3.05) is 12.4 Å². The summed E-state index contributed by atoms with van der Waals surface area (Å²) in [7, 11) is 1.55. The topological polar surface area (TPSA) is 73.2 Å². The number of halogens is 2. The second-order valence-electron chi connectivity index (χ2n) is 7.23. The Balaban J connectivity index is 1.72. The highest BCUT2D eigenvalue weighted by molar-refractivity contribution is 7.15. The number of anilines is 1. The van der Waals surface area contributed by atoms with Crippen molar-refractivity contribution in [3.05, 3.63) is 74.3 Å². The van der Waals surface area contributed by atoms with E-state index in [4.69, 9.17) is 27.9 Å². The number of benzene rings is 2. The number of fused-ring (bicyclic) bond motifs is 1. The second kappa shape index (κ2) is 8.94. The summed E-state index contributed by atoms with van der Waals surface area (Å²) in [4.78, 5) is 31.1. The van der Waals surface area contributed by atoms with Crippen LogP contribution in [0.3, 0.4) is 0 Å². The third-order valence-electron chi connectivity index (χ3n) is 5.14. The van der Waals surface area contributed by atoms with Crippen molar-refractivity contribution >= 4 is 62.3 Å². The summed E-state index contributed by atoms with van der Waals surface area (Å²) in [5, 5.41) is 4.68. The maximum Gasteiger partial charge on any atom is 0.298 e. The third-order valence-corrected chi connectivity index (χ3v) is 6.72. The summed E-state index contributed by atoms with van der Waals surface area (Å²) in [6.45, 7) is 4.16. The van der Waals surface area contributed by atoms with Crippen LogP contribution in [0.5, 0.6) is 5.75 Å². The van der Waals surface area contributed by atoms with Gasteiger partial charge in [0.15, 0.2) is 5.13 Å². The lowest BCUT2D eigenvalue weighted by Crippen LogP contribution is -2.22. The molecule has 0 fully saturated rings. The Hall–Kier alpha value is -2.87. The van der Waals surface area contributed by atoms with Crippen LogP contribution in [0.2, 0.25) is 10.0 Å². The molecule has 4 rings (SSSR count). The predicted octanol–water partition coefficient (Wildman–Crippen LogP) is 5.90. The molecule has 1 N–H and O–H groups in total. The van der Waals surface area contributed by atoms with Crippen molar-refractivity contribution in [1.82, 2.24) is 9.55 Å². The van der Waals surface area contributed by atoms with E-state index in [0.717, 1.165) is 21.7 Å². The zero-order valence-corrected chi connectivity index (χ0v) is 19.9. The Labute approximate surface area is 198 Å². The summed E-state index contributed by atoms with van der Waals surface area (Å²) < 4.78 is 7.20. The van der Waals surface area contributed by atoms with Crippen LogP contribution < -0.4 is 10.1 Å². The molecule has 9 heteroatoms. The summed E-state index contributed by atoms with van der Waals surface area (Å²) in [5.41, 5.74) is 2.69. The number of amides is 1. The summed E-state index contributed by atoms with van der Waals surface area (Å²) in [6, 6.07) is 10.7. The molecule has 32 heavy (non-hydrogen) atoms. The highest BCUT2D eigenvalue weighted by Crippen LogP contribution is 2.30. The van der Waals surface area contributed by atoms with Crippen molar-refractivity contribution in [2.45, 2.75) is 20.4 Å². The van der Waals surface area contributed by atoms with Gasteiger partial charge in [-0.05, 0) is 49.7 Å². The fraction of sp³-hybridized carbons (Fsp3) is 0.174. The van der Waals surface area contributed by atoms with Gasteiger partial charge < -0.3 is 9.30 Å². The molecule has 0 bridgehead atoms. The molecular formula is C23H19Cl2N3O3S. The maximum absolute atomic E-state index is 13.1. The number of thiazole rings is 1. The van der Waals surface area contributed by atoms with Crippen LogP contribution in [0.15, 0.2) is 42.6 Å². The molecule has 2 aromatic heterocycles. The molecular weight excluding hydrogens is 469 g/mol. The van der Waals surface area contributed by atoms with E-state index in [0.29, 0.717) is 32.9 Å². The number of ketones is 1. The average Bonchev–Trinajstić information content (AvgIpc) is 3.27. The minimum Gasteiger partial charge on any atom is -0.497 e. The van der Waals surface area contributed by atoms with Gasteiger partial charge >= 0.3 is 0 Å². The molecule has 0 radical (unpaired) electrons. The predicted molar refractivity (Wildman–Crippen MR) is 129 cm³/mol. The quantitative estimate of drug-likeness (QED) is 0.271. The van der Waals surface area contributed by atoms with Gasteiger partial charge in [-0.2, -0.15) is 0 Å². The number of ether oxygens (including phenoxy) is 1. The van der Waals surface area contributed by atoms with Gasteiger partial charge in [0, 0.05) is 38.6 Å². The number of nitrogens with zero attached hydrogens (tertiary/aromatic N) is 2. The standard InChI is InChI=1S/C23H19Cl2N3O3S/c1-12-13(2)32-23(26-12)27-22(30)21(29)18-11-28(10-14-4-5-15(24)8-19(14)25)20-7-6-16(31-3)9-17(18)20/h4-9,11H,10H2,1-3H3,(H,26,27,30). The third kappa shape index (κ3) is 4.37. The van der Waals surface area contributed by atoms with E-state index in [2.05, 4.69) is 10.3 Å². The number of methoxy groups -OCH3 is 1. The molecule has 0 atom stereocenters. The molecule has 4 aromatic rings. The first kappa shape index (κ1) is 22.3. The number of hydrogen-bond acceptors (Lipinski definition) is 5. The molecule has 0 aliphatic carbocycles. The van der Waals surface area contributed by atoms with Crippen LogP contribution in [0, 0.1) is 13.8 Å². The first-order valence-electron chi connectivity index (χ1n) is 9.67. The largest absolute Gasteiger partial charge is 0.497 e. The first-order chi connectivity index (χ1) is 15.3. The van der Waals surface area contributed by atoms with Gasteiger partial charge in [0.25, 0.3) is 11.7 Å². The lowest BCUT2D eigenvalue weighted by molar-refractivity contribution is -0.112. The number of aromatic nitrogens is 2. The zero-order valence-electron chi connectivity index (χ0n) is 17.5. The second-order valence-corrected chi connectivity index (χ2v) is 9.28. The number of rotatable bonds is 6. The number of aryl methyl sites for hydroxylation is 2. The Morgan fingerprint density at radius 2 is 1.94 bits per heavy atom. The normalized spacial score (nSPS) is 11.0. The Morgan fingerprint density at radius 1 is 1.16 bits per heavy atom. The molecule has 0 aliphatic heterocycles. The maximum atomic E-state index is 13.1. The monoisotopic (exact) mass is 487 g/mol. The van der Waals surface area contributed by atoms with E-state index >= 15 is 0 Å². The minimum absolute atomic E-state index is 0.270. The molecule has 1 amide bonds. The van der Waals surface area contributed by atoms with Gasteiger partial charge in [-0.25, -0.2) is 4.98 Å². The van der Waals surface area contributed by atoms with Gasteiger partial charge in [-0.15, -0.1) is 11.3 Å². The fourth-order valence-corrected chi connectivity index (χ4v) is 4.63. The van der Waals surface area contributed by atoms with Crippen molar-refractivity contribution in [1.29, 1.82) is 0 Å². The van der Waals surface area contributed by atoms with E-state index < -0.39 is 11.7 Å². The molecule has 0 spiro atoms. The van der Waals surface area contributed by atoms with Crippen LogP contribution in [-0.2, 0) is 11.3 Å².